The molecular formula is C21H18N2O6. The zero-order chi connectivity index (χ0) is 20.7. The molecule has 29 heavy (non-hydrogen) atoms. The van der Waals surface area contributed by atoms with Crippen LogP contribution in [0, 0.1) is 13.8 Å². The summed E-state index contributed by atoms with van der Waals surface area (Å²) in [5.74, 6) is -0.0924. The third kappa shape index (κ3) is 3.08. The van der Waals surface area contributed by atoms with Crippen molar-refractivity contribution >= 4 is 17.5 Å². The topological polar surface area (TPSA) is 106 Å². The molecule has 1 unspecified atom stereocenters. The number of amides is 1. The van der Waals surface area contributed by atoms with Gasteiger partial charge in [-0.05, 0) is 43.7 Å². The highest BCUT2D eigenvalue weighted by Crippen LogP contribution is 2.42. The number of ketones is 1. The minimum absolute atomic E-state index is 0.0357. The molecule has 2 aromatic heterocycles. The number of aromatic nitrogens is 1. The Hall–Kier alpha value is -3.81. The van der Waals surface area contributed by atoms with Gasteiger partial charge in [0.2, 0.25) is 5.78 Å². The van der Waals surface area contributed by atoms with Crippen LogP contribution in [0.25, 0.3) is 0 Å². The van der Waals surface area contributed by atoms with Gasteiger partial charge in [0.1, 0.15) is 17.3 Å². The van der Waals surface area contributed by atoms with Crippen LogP contribution in [-0.2, 0) is 4.79 Å². The minimum Gasteiger partial charge on any atom is -0.503 e. The molecule has 0 aliphatic carbocycles. The van der Waals surface area contributed by atoms with E-state index >= 15 is 0 Å². The van der Waals surface area contributed by atoms with Gasteiger partial charge in [0, 0.05) is 6.07 Å². The van der Waals surface area contributed by atoms with E-state index in [2.05, 4.69) is 5.16 Å². The predicted molar refractivity (Wildman–Crippen MR) is 102 cm³/mol. The number of furan rings is 1. The second-order valence-corrected chi connectivity index (χ2v) is 6.65. The van der Waals surface area contributed by atoms with E-state index in [1.165, 1.54) is 11.0 Å². The maximum absolute atomic E-state index is 13.1. The molecule has 1 aliphatic rings. The number of aliphatic hydroxyl groups is 1. The standard InChI is InChI=1S/C21H18N2O6/c1-11-4-9-15(28-11)19(24)17-18(13-5-7-14(27-3)8-6-13)23(21(26)20(17)25)16-10-12(2)29-22-16/h4-10,18,25H,1-3H3. The van der Waals surface area contributed by atoms with Gasteiger partial charge < -0.3 is 18.8 Å². The molecule has 1 atom stereocenters. The Bertz CT molecular complexity index is 1120. The van der Waals surface area contributed by atoms with E-state index in [9.17, 15) is 14.7 Å². The van der Waals surface area contributed by atoms with Gasteiger partial charge in [-0.2, -0.15) is 0 Å². The Morgan fingerprint density at radius 1 is 1.14 bits per heavy atom. The summed E-state index contributed by atoms with van der Waals surface area (Å²) < 4.78 is 15.7. The first-order valence-corrected chi connectivity index (χ1v) is 8.85. The highest BCUT2D eigenvalue weighted by molar-refractivity contribution is 6.19. The van der Waals surface area contributed by atoms with Gasteiger partial charge >= 0.3 is 0 Å². The number of carbonyl (C=O) groups is 2. The molecule has 3 heterocycles. The van der Waals surface area contributed by atoms with Gasteiger partial charge in [-0.25, -0.2) is 0 Å². The van der Waals surface area contributed by atoms with Gasteiger partial charge in [0.05, 0.1) is 18.7 Å². The number of hydrogen-bond donors (Lipinski definition) is 1. The normalized spacial score (nSPS) is 16.6. The third-order valence-corrected chi connectivity index (χ3v) is 4.71. The fourth-order valence-electron chi connectivity index (χ4n) is 3.33. The van der Waals surface area contributed by atoms with Crippen molar-refractivity contribution in [2.24, 2.45) is 0 Å². The summed E-state index contributed by atoms with van der Waals surface area (Å²) in [5, 5.41) is 14.5. The van der Waals surface area contributed by atoms with Crippen molar-refractivity contribution in [1.82, 2.24) is 5.16 Å². The quantitative estimate of drug-likeness (QED) is 0.658. The van der Waals surface area contributed by atoms with Crippen molar-refractivity contribution in [1.29, 1.82) is 0 Å². The van der Waals surface area contributed by atoms with E-state index < -0.39 is 23.5 Å². The van der Waals surface area contributed by atoms with Crippen molar-refractivity contribution in [3.05, 3.63) is 76.6 Å². The van der Waals surface area contributed by atoms with Crippen LogP contribution in [0.5, 0.6) is 5.75 Å². The Morgan fingerprint density at radius 3 is 2.41 bits per heavy atom. The number of aliphatic hydroxyl groups excluding tert-OH is 1. The number of ether oxygens (including phenoxy) is 1. The lowest BCUT2D eigenvalue weighted by Crippen LogP contribution is -2.31. The number of anilines is 1. The van der Waals surface area contributed by atoms with Crippen LogP contribution >= 0.6 is 0 Å². The van der Waals surface area contributed by atoms with Crippen molar-refractivity contribution in [3.63, 3.8) is 0 Å². The summed E-state index contributed by atoms with van der Waals surface area (Å²) in [6, 6.07) is 10.7. The van der Waals surface area contributed by atoms with E-state index in [0.29, 0.717) is 22.8 Å². The number of rotatable bonds is 5. The summed E-state index contributed by atoms with van der Waals surface area (Å²) >= 11 is 0. The fraction of sp³-hybridized carbons (Fsp3) is 0.190. The number of benzene rings is 1. The monoisotopic (exact) mass is 394 g/mol. The summed E-state index contributed by atoms with van der Waals surface area (Å²) in [4.78, 5) is 27.3. The molecule has 0 bridgehead atoms. The first-order chi connectivity index (χ1) is 13.9. The lowest BCUT2D eigenvalue weighted by molar-refractivity contribution is -0.117. The van der Waals surface area contributed by atoms with Crippen LogP contribution < -0.4 is 9.64 Å². The van der Waals surface area contributed by atoms with E-state index in [1.807, 2.05) is 0 Å². The number of aryl methyl sites for hydroxylation is 2. The lowest BCUT2D eigenvalue weighted by atomic mass is 9.95. The second kappa shape index (κ2) is 6.97. The van der Waals surface area contributed by atoms with Crippen molar-refractivity contribution in [2.45, 2.75) is 19.9 Å². The fourth-order valence-corrected chi connectivity index (χ4v) is 3.33. The molecule has 1 aliphatic heterocycles. The number of Topliss-reactive ketones (excluding diaryl/α,β-unsaturated/α-hetero) is 1. The van der Waals surface area contributed by atoms with Gasteiger partial charge in [-0.15, -0.1) is 0 Å². The molecule has 8 nitrogen and oxygen atoms in total. The van der Waals surface area contributed by atoms with Crippen molar-refractivity contribution < 1.29 is 28.4 Å². The molecule has 4 rings (SSSR count). The molecule has 3 aromatic rings. The third-order valence-electron chi connectivity index (χ3n) is 4.71. The van der Waals surface area contributed by atoms with Gasteiger partial charge in [0.15, 0.2) is 17.3 Å². The average Bonchev–Trinajstić information content (AvgIpc) is 3.40. The van der Waals surface area contributed by atoms with E-state index in [-0.39, 0.29) is 17.2 Å². The average molecular weight is 394 g/mol. The number of hydrogen-bond acceptors (Lipinski definition) is 7. The first-order valence-electron chi connectivity index (χ1n) is 8.85. The van der Waals surface area contributed by atoms with Crippen molar-refractivity contribution in [3.8, 4) is 5.75 Å². The van der Waals surface area contributed by atoms with E-state index in [4.69, 9.17) is 13.7 Å². The van der Waals surface area contributed by atoms with Gasteiger partial charge in [-0.3, -0.25) is 14.5 Å². The van der Waals surface area contributed by atoms with Gasteiger partial charge in [-0.1, -0.05) is 17.3 Å². The van der Waals surface area contributed by atoms with Crippen LogP contribution in [0.3, 0.4) is 0 Å². The molecule has 0 saturated carbocycles. The Labute approximate surface area is 166 Å². The molecule has 1 aromatic carbocycles. The Morgan fingerprint density at radius 2 is 1.86 bits per heavy atom. The summed E-state index contributed by atoms with van der Waals surface area (Å²) in [5.41, 5.74) is 0.505. The van der Waals surface area contributed by atoms with Crippen LogP contribution in [0.1, 0.15) is 33.7 Å². The van der Waals surface area contributed by atoms with Crippen LogP contribution in [0.2, 0.25) is 0 Å². The van der Waals surface area contributed by atoms with Crippen molar-refractivity contribution in [2.75, 3.05) is 12.0 Å². The largest absolute Gasteiger partial charge is 0.503 e. The number of methoxy groups -OCH3 is 1. The molecular weight excluding hydrogens is 376 g/mol. The maximum atomic E-state index is 13.1. The van der Waals surface area contributed by atoms with E-state index in [0.717, 1.165) is 0 Å². The first kappa shape index (κ1) is 18.5. The maximum Gasteiger partial charge on any atom is 0.295 e. The highest BCUT2D eigenvalue weighted by atomic mass is 16.5. The minimum atomic E-state index is -0.907. The van der Waals surface area contributed by atoms with Crippen LogP contribution in [-0.4, -0.2) is 29.1 Å². The SMILES string of the molecule is COc1ccc(C2C(C(=O)c3ccc(C)o3)=C(O)C(=O)N2c2cc(C)on2)cc1. The highest BCUT2D eigenvalue weighted by Gasteiger charge is 2.46. The smallest absolute Gasteiger partial charge is 0.295 e. The lowest BCUT2D eigenvalue weighted by Gasteiger charge is -2.24. The van der Waals surface area contributed by atoms with Crippen LogP contribution in [0.15, 0.2) is 62.7 Å². The molecule has 0 saturated heterocycles. The molecule has 0 fully saturated rings. The molecule has 8 heteroatoms. The molecule has 1 amide bonds. The molecule has 148 valence electrons. The Kier molecular flexibility index (Phi) is 4.46. The van der Waals surface area contributed by atoms with Gasteiger partial charge in [0.25, 0.3) is 5.91 Å². The Balaban J connectivity index is 1.86. The summed E-state index contributed by atoms with van der Waals surface area (Å²) in [6.07, 6.45) is 0. The van der Waals surface area contributed by atoms with E-state index in [1.54, 1.807) is 57.4 Å². The molecule has 0 radical (unpaired) electrons. The summed E-state index contributed by atoms with van der Waals surface area (Å²) in [7, 11) is 1.54. The zero-order valence-electron chi connectivity index (χ0n) is 16.0. The molecule has 0 spiro atoms. The predicted octanol–water partition coefficient (Wildman–Crippen LogP) is 3.68. The molecule has 1 N–H and O–H groups in total. The zero-order valence-corrected chi connectivity index (χ0v) is 16.0. The second-order valence-electron chi connectivity index (χ2n) is 6.65. The van der Waals surface area contributed by atoms with Crippen LogP contribution in [0.4, 0.5) is 5.82 Å². The number of carbonyl (C=O) groups excluding carboxylic acids is 2. The number of nitrogens with zero attached hydrogens (tertiary/aromatic N) is 2. The summed E-state index contributed by atoms with van der Waals surface area (Å²) in [6.45, 7) is 3.39.